The SMILES string of the molecule is C/C(=N\c1c(C)ncnc1Nc1ccc(F)cc1OC(C)C)C(=O)NCCC(=O)O. The van der Waals surface area contributed by atoms with E-state index in [4.69, 9.17) is 9.84 Å². The lowest BCUT2D eigenvalue weighted by atomic mass is 10.2. The number of aryl methyl sites for hydroxylation is 1. The van der Waals surface area contributed by atoms with E-state index in [1.54, 1.807) is 6.92 Å². The molecule has 1 aromatic carbocycles. The molecule has 0 fully saturated rings. The van der Waals surface area contributed by atoms with Crippen LogP contribution in [0.25, 0.3) is 0 Å². The summed E-state index contributed by atoms with van der Waals surface area (Å²) in [5.41, 5.74) is 1.42. The van der Waals surface area contributed by atoms with Crippen LogP contribution in [0, 0.1) is 12.7 Å². The van der Waals surface area contributed by atoms with Crippen molar-refractivity contribution in [3.63, 3.8) is 0 Å². The Morgan fingerprint density at radius 1 is 1.30 bits per heavy atom. The maximum Gasteiger partial charge on any atom is 0.305 e. The van der Waals surface area contributed by atoms with Crippen LogP contribution in [0.1, 0.15) is 32.9 Å². The number of carboxylic acids is 1. The van der Waals surface area contributed by atoms with Crippen molar-refractivity contribution in [2.24, 2.45) is 4.99 Å². The number of hydrogen-bond acceptors (Lipinski definition) is 7. The first kappa shape index (κ1) is 22.7. The molecule has 0 aliphatic carbocycles. The summed E-state index contributed by atoms with van der Waals surface area (Å²) in [6.45, 7) is 6.84. The van der Waals surface area contributed by atoms with Crippen LogP contribution < -0.4 is 15.4 Å². The van der Waals surface area contributed by atoms with Crippen molar-refractivity contribution >= 4 is 34.8 Å². The maximum absolute atomic E-state index is 13.7. The van der Waals surface area contributed by atoms with Crippen LogP contribution in [-0.2, 0) is 9.59 Å². The highest BCUT2D eigenvalue weighted by molar-refractivity contribution is 6.38. The van der Waals surface area contributed by atoms with Crippen molar-refractivity contribution in [3.05, 3.63) is 36.0 Å². The van der Waals surface area contributed by atoms with Gasteiger partial charge in [-0.25, -0.2) is 19.4 Å². The van der Waals surface area contributed by atoms with E-state index in [9.17, 15) is 14.0 Å². The Labute approximate surface area is 173 Å². The van der Waals surface area contributed by atoms with Gasteiger partial charge in [0, 0.05) is 12.6 Å². The van der Waals surface area contributed by atoms with E-state index in [0.717, 1.165) is 0 Å². The fourth-order valence-electron chi connectivity index (χ4n) is 2.40. The molecule has 1 amide bonds. The second kappa shape index (κ2) is 10.3. The minimum Gasteiger partial charge on any atom is -0.489 e. The number of aliphatic imine (C=N–C) groups is 1. The van der Waals surface area contributed by atoms with E-state index in [1.807, 2.05) is 13.8 Å². The van der Waals surface area contributed by atoms with Gasteiger partial charge in [-0.1, -0.05) is 0 Å². The zero-order valence-corrected chi connectivity index (χ0v) is 17.2. The van der Waals surface area contributed by atoms with Crippen molar-refractivity contribution < 1.29 is 23.8 Å². The summed E-state index contributed by atoms with van der Waals surface area (Å²) < 4.78 is 19.3. The Kier molecular flexibility index (Phi) is 7.79. The number of ether oxygens (including phenoxy) is 1. The predicted molar refractivity (Wildman–Crippen MR) is 110 cm³/mol. The fraction of sp³-hybridized carbons (Fsp3) is 0.350. The van der Waals surface area contributed by atoms with Gasteiger partial charge in [-0.3, -0.25) is 9.59 Å². The molecular formula is C20H24FN5O4. The quantitative estimate of drug-likeness (QED) is 0.535. The molecule has 9 nitrogen and oxygen atoms in total. The normalized spacial score (nSPS) is 11.3. The molecule has 0 saturated heterocycles. The molecule has 0 spiro atoms. The average molecular weight is 417 g/mol. The second-order valence-corrected chi connectivity index (χ2v) is 6.69. The van der Waals surface area contributed by atoms with Crippen molar-refractivity contribution in [3.8, 4) is 5.75 Å². The number of carbonyl (C=O) groups excluding carboxylic acids is 1. The summed E-state index contributed by atoms with van der Waals surface area (Å²) in [5.74, 6) is -1.35. The van der Waals surface area contributed by atoms with Crippen LogP contribution in [-0.4, -0.2) is 45.3 Å². The van der Waals surface area contributed by atoms with Crippen LogP contribution in [0.2, 0.25) is 0 Å². The molecule has 2 aromatic rings. The van der Waals surface area contributed by atoms with Gasteiger partial charge < -0.3 is 20.5 Å². The lowest BCUT2D eigenvalue weighted by Gasteiger charge is -2.16. The molecule has 2 rings (SSSR count). The number of rotatable bonds is 9. The highest BCUT2D eigenvalue weighted by Crippen LogP contribution is 2.33. The van der Waals surface area contributed by atoms with Gasteiger partial charge in [-0.15, -0.1) is 0 Å². The van der Waals surface area contributed by atoms with Crippen LogP contribution in [0.5, 0.6) is 5.75 Å². The number of amides is 1. The molecule has 0 aliphatic heterocycles. The molecule has 0 unspecified atom stereocenters. The van der Waals surface area contributed by atoms with E-state index in [0.29, 0.717) is 28.6 Å². The van der Waals surface area contributed by atoms with Gasteiger partial charge in [0.2, 0.25) is 0 Å². The van der Waals surface area contributed by atoms with Gasteiger partial charge in [0.05, 0.1) is 23.9 Å². The molecule has 30 heavy (non-hydrogen) atoms. The average Bonchev–Trinajstić information content (AvgIpc) is 2.65. The third-order valence-electron chi connectivity index (χ3n) is 3.80. The third-order valence-corrected chi connectivity index (χ3v) is 3.80. The monoisotopic (exact) mass is 417 g/mol. The van der Waals surface area contributed by atoms with Crippen molar-refractivity contribution in [1.82, 2.24) is 15.3 Å². The van der Waals surface area contributed by atoms with Gasteiger partial charge in [-0.05, 0) is 39.8 Å². The lowest BCUT2D eigenvalue weighted by molar-refractivity contribution is -0.136. The molecule has 0 saturated carbocycles. The molecule has 3 N–H and O–H groups in total. The Morgan fingerprint density at radius 3 is 2.70 bits per heavy atom. The molecular weight excluding hydrogens is 393 g/mol. The predicted octanol–water partition coefficient (Wildman–Crippen LogP) is 3.14. The summed E-state index contributed by atoms with van der Waals surface area (Å²) in [6, 6.07) is 4.07. The number of halogens is 1. The molecule has 160 valence electrons. The highest BCUT2D eigenvalue weighted by Gasteiger charge is 2.15. The van der Waals surface area contributed by atoms with Crippen LogP contribution >= 0.6 is 0 Å². The largest absolute Gasteiger partial charge is 0.489 e. The number of benzene rings is 1. The minimum atomic E-state index is -1.01. The number of aliphatic carboxylic acids is 1. The number of hydrogen-bond donors (Lipinski definition) is 3. The van der Waals surface area contributed by atoms with E-state index in [-0.39, 0.29) is 24.8 Å². The first-order chi connectivity index (χ1) is 14.2. The van der Waals surface area contributed by atoms with Crippen LogP contribution in [0.15, 0.2) is 29.5 Å². The molecule has 0 bridgehead atoms. The summed E-state index contributed by atoms with van der Waals surface area (Å²) in [6.07, 6.45) is 0.974. The number of carboxylic acid groups (broad SMARTS) is 1. The lowest BCUT2D eigenvalue weighted by Crippen LogP contribution is -2.31. The standard InChI is InChI=1S/C20H24FN5O4/c1-11(2)30-16-9-14(21)5-6-15(16)26-19-18(12(3)23-10-24-19)25-13(4)20(29)22-8-7-17(27)28/h5-6,9-11H,7-8H2,1-4H3,(H,22,29)(H,27,28)(H,23,24,26)/b25-13+. The number of aromatic nitrogens is 2. The minimum absolute atomic E-state index is 0.0120. The van der Waals surface area contributed by atoms with E-state index >= 15 is 0 Å². The number of nitrogens with one attached hydrogen (secondary N) is 2. The van der Waals surface area contributed by atoms with Gasteiger partial charge in [0.25, 0.3) is 5.91 Å². The highest BCUT2D eigenvalue weighted by atomic mass is 19.1. The van der Waals surface area contributed by atoms with Gasteiger partial charge >= 0.3 is 5.97 Å². The van der Waals surface area contributed by atoms with Gasteiger partial charge in [-0.2, -0.15) is 0 Å². The van der Waals surface area contributed by atoms with Crippen LogP contribution in [0.4, 0.5) is 21.6 Å². The van der Waals surface area contributed by atoms with E-state index < -0.39 is 17.7 Å². The van der Waals surface area contributed by atoms with Crippen LogP contribution in [0.3, 0.4) is 0 Å². The molecule has 0 aliphatic rings. The smallest absolute Gasteiger partial charge is 0.305 e. The van der Waals surface area contributed by atoms with Crippen molar-refractivity contribution in [1.29, 1.82) is 0 Å². The summed E-state index contributed by atoms with van der Waals surface area (Å²) >= 11 is 0. The Balaban J connectivity index is 2.31. The van der Waals surface area contributed by atoms with Crippen molar-refractivity contribution in [2.45, 2.75) is 40.2 Å². The third kappa shape index (κ3) is 6.50. The Bertz CT molecular complexity index is 962. The number of carbonyl (C=O) groups is 2. The molecule has 0 radical (unpaired) electrons. The number of anilines is 2. The first-order valence-corrected chi connectivity index (χ1v) is 9.27. The summed E-state index contributed by atoms with van der Waals surface area (Å²) in [4.78, 5) is 35.4. The molecule has 1 heterocycles. The van der Waals surface area contributed by atoms with Gasteiger partial charge in [0.1, 0.15) is 29.3 Å². The summed E-state index contributed by atoms with van der Waals surface area (Å²) in [7, 11) is 0. The van der Waals surface area contributed by atoms with Crippen molar-refractivity contribution in [2.75, 3.05) is 11.9 Å². The molecule has 1 aromatic heterocycles. The topological polar surface area (TPSA) is 126 Å². The Hall–Kier alpha value is -3.56. The molecule has 10 heteroatoms. The zero-order chi connectivity index (χ0) is 22.3. The van der Waals surface area contributed by atoms with Gasteiger partial charge in [0.15, 0.2) is 5.82 Å². The second-order valence-electron chi connectivity index (χ2n) is 6.69. The first-order valence-electron chi connectivity index (χ1n) is 9.27. The van der Waals surface area contributed by atoms with E-state index in [1.165, 1.54) is 31.5 Å². The Morgan fingerprint density at radius 2 is 2.03 bits per heavy atom. The number of nitrogens with zero attached hydrogens (tertiary/aromatic N) is 3. The maximum atomic E-state index is 13.7. The van der Waals surface area contributed by atoms with E-state index in [2.05, 4.69) is 25.6 Å². The summed E-state index contributed by atoms with van der Waals surface area (Å²) in [5, 5.41) is 14.2. The zero-order valence-electron chi connectivity index (χ0n) is 17.2. The molecule has 0 atom stereocenters. The fourth-order valence-corrected chi connectivity index (χ4v) is 2.40.